The first-order valence-electron chi connectivity index (χ1n) is 7.59. The Balaban J connectivity index is 1.65. The van der Waals surface area contributed by atoms with Crippen molar-refractivity contribution in [3.05, 3.63) is 83.7 Å². The molecule has 116 valence electrons. The number of hydrogen-bond donors (Lipinski definition) is 1. The molecular formula is C19H19N3O. The van der Waals surface area contributed by atoms with Gasteiger partial charge in [0.1, 0.15) is 12.4 Å². The smallest absolute Gasteiger partial charge is 0.218 e. The molecule has 0 saturated heterocycles. The summed E-state index contributed by atoms with van der Waals surface area (Å²) in [6.07, 6.45) is 1.74. The highest BCUT2D eigenvalue weighted by atomic mass is 16.5. The van der Waals surface area contributed by atoms with Crippen molar-refractivity contribution in [1.29, 1.82) is 0 Å². The van der Waals surface area contributed by atoms with Crippen LogP contribution < -0.4 is 10.1 Å². The summed E-state index contributed by atoms with van der Waals surface area (Å²) >= 11 is 0. The predicted molar refractivity (Wildman–Crippen MR) is 91.3 cm³/mol. The van der Waals surface area contributed by atoms with Crippen molar-refractivity contribution in [3.8, 4) is 5.88 Å². The van der Waals surface area contributed by atoms with Gasteiger partial charge in [-0.1, -0.05) is 42.5 Å². The monoisotopic (exact) mass is 305 g/mol. The number of benzene rings is 1. The lowest BCUT2D eigenvalue weighted by Crippen LogP contribution is -2.06. The van der Waals surface area contributed by atoms with Crippen LogP contribution in [0.2, 0.25) is 0 Å². The van der Waals surface area contributed by atoms with Crippen molar-refractivity contribution in [2.75, 3.05) is 5.32 Å². The predicted octanol–water partition coefficient (Wildman–Crippen LogP) is 3.98. The van der Waals surface area contributed by atoms with Gasteiger partial charge in [-0.3, -0.25) is 0 Å². The highest BCUT2D eigenvalue weighted by Gasteiger charge is 2.05. The molecule has 0 bridgehead atoms. The largest absolute Gasteiger partial charge is 0.473 e. The first kappa shape index (κ1) is 15.0. The summed E-state index contributed by atoms with van der Waals surface area (Å²) in [5.41, 5.74) is 3.12. The molecule has 3 aromatic rings. The summed E-state index contributed by atoms with van der Waals surface area (Å²) in [7, 11) is 0. The van der Waals surface area contributed by atoms with Crippen molar-refractivity contribution in [1.82, 2.24) is 9.97 Å². The van der Waals surface area contributed by atoms with Crippen molar-refractivity contribution in [3.63, 3.8) is 0 Å². The molecule has 0 radical (unpaired) electrons. The fraction of sp³-hybridized carbons (Fsp3) is 0.158. The third-order valence-electron chi connectivity index (χ3n) is 3.42. The molecule has 2 heterocycles. The molecule has 4 nitrogen and oxygen atoms in total. The van der Waals surface area contributed by atoms with Crippen LogP contribution in [0.25, 0.3) is 0 Å². The molecular weight excluding hydrogens is 286 g/mol. The Morgan fingerprint density at radius 3 is 2.65 bits per heavy atom. The molecule has 0 unspecified atom stereocenters. The minimum Gasteiger partial charge on any atom is -0.473 e. The second-order valence-electron chi connectivity index (χ2n) is 5.26. The van der Waals surface area contributed by atoms with Crippen molar-refractivity contribution >= 4 is 5.82 Å². The zero-order chi connectivity index (χ0) is 15.9. The average molecular weight is 305 g/mol. The Morgan fingerprint density at radius 2 is 1.83 bits per heavy atom. The van der Waals surface area contributed by atoms with Crippen molar-refractivity contribution in [2.45, 2.75) is 20.1 Å². The number of rotatable bonds is 6. The van der Waals surface area contributed by atoms with E-state index >= 15 is 0 Å². The van der Waals surface area contributed by atoms with Gasteiger partial charge >= 0.3 is 0 Å². The van der Waals surface area contributed by atoms with E-state index in [1.807, 2.05) is 67.6 Å². The van der Waals surface area contributed by atoms with Gasteiger partial charge in [-0.15, -0.1) is 0 Å². The van der Waals surface area contributed by atoms with E-state index in [2.05, 4.69) is 15.3 Å². The second-order valence-corrected chi connectivity index (χ2v) is 5.26. The van der Waals surface area contributed by atoms with Crippen LogP contribution >= 0.6 is 0 Å². The van der Waals surface area contributed by atoms with Crippen molar-refractivity contribution in [2.24, 2.45) is 0 Å². The average Bonchev–Trinajstić information content (AvgIpc) is 2.60. The standard InChI is InChI=1S/C19H19N3O/c1-15-7-5-11-18(22-15)21-13-17-10-6-12-20-19(17)23-14-16-8-3-2-4-9-16/h2-12H,13-14H2,1H3,(H,21,22). The minimum absolute atomic E-state index is 0.507. The van der Waals surface area contributed by atoms with Crippen LogP contribution in [-0.2, 0) is 13.2 Å². The fourth-order valence-electron chi connectivity index (χ4n) is 2.24. The van der Waals surface area contributed by atoms with Gasteiger partial charge in [0, 0.05) is 24.0 Å². The zero-order valence-corrected chi connectivity index (χ0v) is 13.1. The molecule has 0 spiro atoms. The van der Waals surface area contributed by atoms with Gasteiger partial charge in [0.25, 0.3) is 0 Å². The number of aromatic nitrogens is 2. The van der Waals surface area contributed by atoms with Crippen LogP contribution in [0.15, 0.2) is 66.9 Å². The lowest BCUT2D eigenvalue weighted by atomic mass is 10.2. The van der Waals surface area contributed by atoms with E-state index in [4.69, 9.17) is 4.74 Å². The van der Waals surface area contributed by atoms with E-state index in [0.717, 1.165) is 22.6 Å². The third-order valence-corrected chi connectivity index (χ3v) is 3.42. The molecule has 0 aliphatic rings. The molecule has 4 heteroatoms. The Kier molecular flexibility index (Phi) is 4.84. The zero-order valence-electron chi connectivity index (χ0n) is 13.1. The highest BCUT2D eigenvalue weighted by Crippen LogP contribution is 2.17. The van der Waals surface area contributed by atoms with Gasteiger partial charge in [0.2, 0.25) is 5.88 Å². The summed E-state index contributed by atoms with van der Waals surface area (Å²) in [5, 5.41) is 3.31. The van der Waals surface area contributed by atoms with Gasteiger partial charge < -0.3 is 10.1 Å². The molecule has 3 rings (SSSR count). The molecule has 0 fully saturated rings. The molecule has 0 atom stereocenters. The first-order valence-corrected chi connectivity index (χ1v) is 7.59. The molecule has 1 N–H and O–H groups in total. The summed E-state index contributed by atoms with van der Waals surface area (Å²) < 4.78 is 5.86. The Bertz CT molecular complexity index is 759. The molecule has 0 aliphatic heterocycles. The maximum atomic E-state index is 5.86. The van der Waals surface area contributed by atoms with Crippen LogP contribution in [0, 0.1) is 6.92 Å². The molecule has 0 aliphatic carbocycles. The van der Waals surface area contributed by atoms with Crippen molar-refractivity contribution < 1.29 is 4.74 Å². The van der Waals surface area contributed by atoms with E-state index in [0.29, 0.717) is 19.0 Å². The number of aryl methyl sites for hydroxylation is 1. The van der Waals surface area contributed by atoms with Gasteiger partial charge in [-0.2, -0.15) is 0 Å². The summed E-state index contributed by atoms with van der Waals surface area (Å²) in [6, 6.07) is 19.9. The number of nitrogens with zero attached hydrogens (tertiary/aromatic N) is 2. The normalized spacial score (nSPS) is 10.3. The highest BCUT2D eigenvalue weighted by molar-refractivity contribution is 5.38. The number of pyridine rings is 2. The number of hydrogen-bond acceptors (Lipinski definition) is 4. The Morgan fingerprint density at radius 1 is 0.957 bits per heavy atom. The van der Waals surface area contributed by atoms with Gasteiger partial charge in [0.05, 0.1) is 0 Å². The number of nitrogens with one attached hydrogen (secondary N) is 1. The summed E-state index contributed by atoms with van der Waals surface area (Å²) in [6.45, 7) is 3.10. The molecule has 0 amide bonds. The van der Waals surface area contributed by atoms with Crippen LogP contribution in [0.5, 0.6) is 5.88 Å². The van der Waals surface area contributed by atoms with Gasteiger partial charge in [0.15, 0.2) is 0 Å². The maximum Gasteiger partial charge on any atom is 0.218 e. The summed E-state index contributed by atoms with van der Waals surface area (Å²) in [4.78, 5) is 8.78. The Hall–Kier alpha value is -2.88. The fourth-order valence-corrected chi connectivity index (χ4v) is 2.24. The van der Waals surface area contributed by atoms with Crippen LogP contribution in [0.1, 0.15) is 16.8 Å². The quantitative estimate of drug-likeness (QED) is 0.748. The SMILES string of the molecule is Cc1cccc(NCc2cccnc2OCc2ccccc2)n1. The van der Waals surface area contributed by atoms with Gasteiger partial charge in [-0.25, -0.2) is 9.97 Å². The molecule has 0 saturated carbocycles. The lowest BCUT2D eigenvalue weighted by molar-refractivity contribution is 0.291. The topological polar surface area (TPSA) is 47.0 Å². The Labute approximate surface area is 136 Å². The van der Waals surface area contributed by atoms with E-state index in [-0.39, 0.29) is 0 Å². The van der Waals surface area contributed by atoms with E-state index in [9.17, 15) is 0 Å². The van der Waals surface area contributed by atoms with Crippen LogP contribution in [-0.4, -0.2) is 9.97 Å². The molecule has 23 heavy (non-hydrogen) atoms. The van der Waals surface area contributed by atoms with Gasteiger partial charge in [-0.05, 0) is 30.7 Å². The maximum absolute atomic E-state index is 5.86. The number of anilines is 1. The lowest BCUT2D eigenvalue weighted by Gasteiger charge is -2.11. The van der Waals surface area contributed by atoms with E-state index in [1.165, 1.54) is 0 Å². The van der Waals surface area contributed by atoms with Crippen LogP contribution in [0.3, 0.4) is 0 Å². The molecule has 2 aromatic heterocycles. The molecule has 1 aromatic carbocycles. The first-order chi connectivity index (χ1) is 11.3. The summed E-state index contributed by atoms with van der Waals surface area (Å²) in [5.74, 6) is 1.50. The van der Waals surface area contributed by atoms with E-state index < -0.39 is 0 Å². The minimum atomic E-state index is 0.507. The van der Waals surface area contributed by atoms with Crippen LogP contribution in [0.4, 0.5) is 5.82 Å². The third kappa shape index (κ3) is 4.30. The number of ether oxygens (including phenoxy) is 1. The van der Waals surface area contributed by atoms with E-state index in [1.54, 1.807) is 6.20 Å². The second kappa shape index (κ2) is 7.40.